The van der Waals surface area contributed by atoms with Gasteiger partial charge in [0.2, 0.25) is 0 Å². The van der Waals surface area contributed by atoms with Crippen molar-refractivity contribution in [1.82, 2.24) is 0 Å². The second-order valence-electron chi connectivity index (χ2n) is 6.82. The number of rotatable bonds is 18. The predicted octanol–water partition coefficient (Wildman–Crippen LogP) is 7.44. The zero-order chi connectivity index (χ0) is 17.7. The Morgan fingerprint density at radius 1 is 0.667 bits per heavy atom. The zero-order valence-corrected chi connectivity index (χ0v) is 16.0. The lowest BCUT2D eigenvalue weighted by atomic mass is 10.0. The van der Waals surface area contributed by atoms with Crippen molar-refractivity contribution in [3.63, 3.8) is 0 Å². The van der Waals surface area contributed by atoms with E-state index in [1.54, 1.807) is 0 Å². The smallest absolute Gasteiger partial charge is 0.303 e. The summed E-state index contributed by atoms with van der Waals surface area (Å²) < 4.78 is 0. The number of allylic oxidation sites excluding steroid dienone is 4. The van der Waals surface area contributed by atoms with Gasteiger partial charge in [-0.3, -0.25) is 4.79 Å². The average Bonchev–Trinajstić information content (AvgIpc) is 2.56. The Hall–Kier alpha value is -1.05. The Morgan fingerprint density at radius 2 is 1.08 bits per heavy atom. The van der Waals surface area contributed by atoms with E-state index in [-0.39, 0.29) is 6.42 Å². The van der Waals surface area contributed by atoms with Crippen LogP contribution in [0.5, 0.6) is 0 Å². The zero-order valence-electron chi connectivity index (χ0n) is 16.0. The van der Waals surface area contributed by atoms with Crippen molar-refractivity contribution < 1.29 is 9.90 Å². The molecule has 0 saturated carbocycles. The van der Waals surface area contributed by atoms with Crippen LogP contribution in [0.2, 0.25) is 0 Å². The number of carboxylic acids is 1. The first-order valence-electron chi connectivity index (χ1n) is 10.3. The van der Waals surface area contributed by atoms with Gasteiger partial charge < -0.3 is 5.11 Å². The maximum atomic E-state index is 10.3. The number of hydrogen-bond acceptors (Lipinski definition) is 1. The third kappa shape index (κ3) is 20.9. The molecular formula is C22H40O2. The predicted molar refractivity (Wildman–Crippen MR) is 105 cm³/mol. The minimum Gasteiger partial charge on any atom is -0.481 e. The molecule has 0 aliphatic carbocycles. The maximum absolute atomic E-state index is 10.3. The number of carboxylic acid groups (broad SMARTS) is 1. The third-order valence-electron chi connectivity index (χ3n) is 4.37. The largest absolute Gasteiger partial charge is 0.481 e. The molecule has 2 heteroatoms. The van der Waals surface area contributed by atoms with Crippen LogP contribution in [0.1, 0.15) is 110 Å². The summed E-state index contributed by atoms with van der Waals surface area (Å²) in [5, 5.41) is 8.52. The van der Waals surface area contributed by atoms with E-state index < -0.39 is 5.97 Å². The van der Waals surface area contributed by atoms with Gasteiger partial charge in [-0.2, -0.15) is 0 Å². The molecule has 0 spiro atoms. The minimum absolute atomic E-state index is 0.271. The third-order valence-corrected chi connectivity index (χ3v) is 4.37. The molecule has 0 fully saturated rings. The first-order valence-corrected chi connectivity index (χ1v) is 10.3. The van der Waals surface area contributed by atoms with Crippen LogP contribution >= 0.6 is 0 Å². The molecule has 1 N–H and O–H groups in total. The van der Waals surface area contributed by atoms with E-state index >= 15 is 0 Å². The average molecular weight is 337 g/mol. The van der Waals surface area contributed by atoms with Crippen LogP contribution in [0.4, 0.5) is 0 Å². The Labute approximate surface area is 150 Å². The van der Waals surface area contributed by atoms with Crippen molar-refractivity contribution in [2.75, 3.05) is 0 Å². The van der Waals surface area contributed by atoms with E-state index in [0.29, 0.717) is 0 Å². The van der Waals surface area contributed by atoms with Crippen LogP contribution in [-0.2, 0) is 4.79 Å². The first-order chi connectivity index (χ1) is 11.8. The number of hydrogen-bond donors (Lipinski definition) is 1. The van der Waals surface area contributed by atoms with Crippen molar-refractivity contribution in [3.05, 3.63) is 24.3 Å². The van der Waals surface area contributed by atoms with Gasteiger partial charge in [-0.15, -0.1) is 0 Å². The standard InChI is InChI=1S/C22H40O2/c1-2-3-4-5-6-7-8-9-10-11-12-13-14-15-16-17-18-19-20-21-22(23)24/h15-18H,2-14,19-21H2,1H3,(H,23,24). The topological polar surface area (TPSA) is 37.3 Å². The summed E-state index contributed by atoms with van der Waals surface area (Å²) in [6.07, 6.45) is 28.2. The summed E-state index contributed by atoms with van der Waals surface area (Å²) >= 11 is 0. The Kier molecular flexibility index (Phi) is 19.1. The summed E-state index contributed by atoms with van der Waals surface area (Å²) in [5.74, 6) is -0.703. The van der Waals surface area contributed by atoms with Crippen LogP contribution in [0, 0.1) is 0 Å². The van der Waals surface area contributed by atoms with Crippen LogP contribution in [0.3, 0.4) is 0 Å². The Bertz CT molecular complexity index is 318. The van der Waals surface area contributed by atoms with E-state index in [4.69, 9.17) is 5.11 Å². The maximum Gasteiger partial charge on any atom is 0.303 e. The molecule has 0 aromatic heterocycles. The van der Waals surface area contributed by atoms with E-state index in [1.807, 2.05) is 6.08 Å². The van der Waals surface area contributed by atoms with Gasteiger partial charge >= 0.3 is 5.97 Å². The van der Waals surface area contributed by atoms with Crippen LogP contribution in [0.25, 0.3) is 0 Å². The second kappa shape index (κ2) is 20.0. The van der Waals surface area contributed by atoms with Gasteiger partial charge in [0.15, 0.2) is 0 Å². The molecule has 0 radical (unpaired) electrons. The second-order valence-corrected chi connectivity index (χ2v) is 6.82. The van der Waals surface area contributed by atoms with Gasteiger partial charge in [0.05, 0.1) is 0 Å². The van der Waals surface area contributed by atoms with E-state index in [2.05, 4.69) is 25.2 Å². The van der Waals surface area contributed by atoms with Gasteiger partial charge in [0.25, 0.3) is 0 Å². The van der Waals surface area contributed by atoms with E-state index in [9.17, 15) is 4.79 Å². The summed E-state index contributed by atoms with van der Waals surface area (Å²) in [6, 6.07) is 0. The lowest BCUT2D eigenvalue weighted by molar-refractivity contribution is -0.137. The molecule has 0 rings (SSSR count). The molecule has 0 heterocycles. The summed E-state index contributed by atoms with van der Waals surface area (Å²) in [5.41, 5.74) is 0. The van der Waals surface area contributed by atoms with Gasteiger partial charge in [-0.25, -0.2) is 0 Å². The summed E-state index contributed by atoms with van der Waals surface area (Å²) in [4.78, 5) is 10.3. The SMILES string of the molecule is CCCCCCCCCCCCCCC=CC=CCCCC(=O)O. The van der Waals surface area contributed by atoms with Gasteiger partial charge in [0.1, 0.15) is 0 Å². The van der Waals surface area contributed by atoms with Crippen LogP contribution in [-0.4, -0.2) is 11.1 Å². The summed E-state index contributed by atoms with van der Waals surface area (Å²) in [6.45, 7) is 2.28. The lowest BCUT2D eigenvalue weighted by Crippen LogP contribution is -1.92. The molecule has 0 bridgehead atoms. The molecular weight excluding hydrogens is 296 g/mol. The Morgan fingerprint density at radius 3 is 1.54 bits per heavy atom. The Balaban J connectivity index is 3.15. The summed E-state index contributed by atoms with van der Waals surface area (Å²) in [7, 11) is 0. The van der Waals surface area contributed by atoms with Crippen molar-refractivity contribution in [3.8, 4) is 0 Å². The molecule has 0 aromatic rings. The molecule has 0 saturated heterocycles. The highest BCUT2D eigenvalue weighted by Gasteiger charge is 1.93. The fourth-order valence-corrected chi connectivity index (χ4v) is 2.82. The molecule has 24 heavy (non-hydrogen) atoms. The highest BCUT2D eigenvalue weighted by Crippen LogP contribution is 2.12. The fourth-order valence-electron chi connectivity index (χ4n) is 2.82. The highest BCUT2D eigenvalue weighted by molar-refractivity contribution is 5.66. The molecule has 0 amide bonds. The molecule has 0 aliphatic rings. The quantitative estimate of drug-likeness (QED) is 0.208. The molecule has 2 nitrogen and oxygen atoms in total. The number of unbranched alkanes of at least 4 members (excludes halogenated alkanes) is 13. The minimum atomic E-state index is -0.703. The van der Waals surface area contributed by atoms with Crippen LogP contribution in [0.15, 0.2) is 24.3 Å². The number of carbonyl (C=O) groups is 1. The lowest BCUT2D eigenvalue weighted by Gasteiger charge is -2.02. The fraction of sp³-hybridized carbons (Fsp3) is 0.773. The first kappa shape index (κ1) is 22.9. The monoisotopic (exact) mass is 336 g/mol. The van der Waals surface area contributed by atoms with Crippen molar-refractivity contribution in [2.45, 2.75) is 110 Å². The van der Waals surface area contributed by atoms with Gasteiger partial charge in [0, 0.05) is 6.42 Å². The molecule has 0 aliphatic heterocycles. The van der Waals surface area contributed by atoms with E-state index in [1.165, 1.54) is 77.0 Å². The number of aliphatic carboxylic acids is 1. The van der Waals surface area contributed by atoms with Gasteiger partial charge in [-0.1, -0.05) is 102 Å². The van der Waals surface area contributed by atoms with Gasteiger partial charge in [-0.05, 0) is 25.7 Å². The molecule has 0 aromatic carbocycles. The van der Waals surface area contributed by atoms with Crippen molar-refractivity contribution in [1.29, 1.82) is 0 Å². The van der Waals surface area contributed by atoms with Crippen molar-refractivity contribution in [2.24, 2.45) is 0 Å². The van der Waals surface area contributed by atoms with E-state index in [0.717, 1.165) is 19.3 Å². The molecule has 140 valence electrons. The van der Waals surface area contributed by atoms with Crippen molar-refractivity contribution >= 4 is 5.97 Å². The van der Waals surface area contributed by atoms with Crippen LogP contribution < -0.4 is 0 Å². The highest BCUT2D eigenvalue weighted by atomic mass is 16.4. The molecule has 0 unspecified atom stereocenters. The molecule has 0 atom stereocenters. The normalized spacial score (nSPS) is 11.7.